The Morgan fingerprint density at radius 2 is 1.83 bits per heavy atom. The van der Waals surface area contributed by atoms with E-state index in [-0.39, 0.29) is 9.77 Å². The molecule has 0 saturated carbocycles. The molecule has 2 aromatic rings. The first kappa shape index (κ1) is 22.8. The van der Waals surface area contributed by atoms with Crippen LogP contribution in [-0.4, -0.2) is 55.8 Å². The van der Waals surface area contributed by atoms with E-state index in [4.69, 9.17) is 4.74 Å². The van der Waals surface area contributed by atoms with Gasteiger partial charge in [-0.2, -0.15) is 16.1 Å². The van der Waals surface area contributed by atoms with Gasteiger partial charge in [0.15, 0.2) is 0 Å². The van der Waals surface area contributed by atoms with Crippen molar-refractivity contribution in [3.8, 4) is 0 Å². The van der Waals surface area contributed by atoms with Gasteiger partial charge >= 0.3 is 5.97 Å². The Labute approximate surface area is 184 Å². The first-order chi connectivity index (χ1) is 14.4. The lowest BCUT2D eigenvalue weighted by Crippen LogP contribution is -2.38. The fourth-order valence-corrected chi connectivity index (χ4v) is 6.73. The van der Waals surface area contributed by atoms with E-state index in [9.17, 15) is 18.0 Å². The number of carbonyl (C=O) groups is 2. The molecule has 1 N–H and O–H groups in total. The Bertz CT molecular complexity index is 980. The predicted molar refractivity (Wildman–Crippen MR) is 120 cm³/mol. The van der Waals surface area contributed by atoms with Crippen LogP contribution >= 0.6 is 23.1 Å². The smallest absolute Gasteiger partial charge is 0.338 e. The highest BCUT2D eigenvalue weighted by Crippen LogP contribution is 2.28. The van der Waals surface area contributed by atoms with Gasteiger partial charge in [0, 0.05) is 30.3 Å². The number of ether oxygens (including phenoxy) is 1. The molecule has 0 unspecified atom stereocenters. The maximum absolute atomic E-state index is 12.9. The van der Waals surface area contributed by atoms with Crippen molar-refractivity contribution >= 4 is 50.7 Å². The fourth-order valence-electron chi connectivity index (χ4n) is 2.86. The van der Waals surface area contributed by atoms with Crippen LogP contribution in [-0.2, 0) is 14.8 Å². The molecule has 2 heterocycles. The van der Waals surface area contributed by atoms with Crippen molar-refractivity contribution < 1.29 is 22.7 Å². The van der Waals surface area contributed by atoms with Crippen LogP contribution in [0.15, 0.2) is 40.6 Å². The third-order valence-corrected chi connectivity index (χ3v) is 8.46. The van der Waals surface area contributed by atoms with Crippen molar-refractivity contribution in [3.63, 3.8) is 0 Å². The predicted octanol–water partition coefficient (Wildman–Crippen LogP) is 3.69. The zero-order valence-corrected chi connectivity index (χ0v) is 19.1. The molecule has 0 aliphatic carbocycles. The Hall–Kier alpha value is -1.88. The lowest BCUT2D eigenvalue weighted by molar-refractivity contribution is 0.0499. The SMILES string of the molecule is CCCCOC(=O)c1ccc(NC(=O)c2sccc2S(=O)(=O)N2CCSCC2)cc1. The number of unbranched alkanes of at least 4 members (excludes halogenated alkanes) is 1. The molecule has 0 spiro atoms. The number of amides is 1. The van der Waals surface area contributed by atoms with Crippen LogP contribution in [0.25, 0.3) is 0 Å². The second-order valence-corrected chi connectivity index (χ2v) is 10.7. The van der Waals surface area contributed by atoms with E-state index < -0.39 is 21.9 Å². The molecule has 1 aromatic heterocycles. The summed E-state index contributed by atoms with van der Waals surface area (Å²) in [6, 6.07) is 7.81. The highest BCUT2D eigenvalue weighted by Gasteiger charge is 2.31. The molecule has 0 bridgehead atoms. The number of esters is 1. The average molecular weight is 469 g/mol. The van der Waals surface area contributed by atoms with Crippen molar-refractivity contribution in [2.75, 3.05) is 36.5 Å². The second kappa shape index (κ2) is 10.4. The summed E-state index contributed by atoms with van der Waals surface area (Å²) in [5.41, 5.74) is 0.864. The van der Waals surface area contributed by atoms with Crippen LogP contribution in [0.4, 0.5) is 5.69 Å². The number of sulfonamides is 1. The van der Waals surface area contributed by atoms with Gasteiger partial charge in [-0.3, -0.25) is 4.79 Å². The number of benzene rings is 1. The molecule has 3 rings (SSSR count). The number of anilines is 1. The minimum atomic E-state index is -3.71. The summed E-state index contributed by atoms with van der Waals surface area (Å²) < 4.78 is 32.5. The van der Waals surface area contributed by atoms with E-state index in [0.717, 1.165) is 35.7 Å². The number of thiophene rings is 1. The van der Waals surface area contributed by atoms with Crippen LogP contribution in [0.2, 0.25) is 0 Å². The van der Waals surface area contributed by atoms with Gasteiger partial charge in [0.05, 0.1) is 12.2 Å². The van der Waals surface area contributed by atoms with E-state index in [2.05, 4.69) is 5.32 Å². The summed E-state index contributed by atoms with van der Waals surface area (Å²) in [5.74, 6) is 0.594. The quantitative estimate of drug-likeness (QED) is 0.469. The summed E-state index contributed by atoms with van der Waals surface area (Å²) in [7, 11) is -3.71. The number of nitrogens with one attached hydrogen (secondary N) is 1. The Kier molecular flexibility index (Phi) is 7.93. The van der Waals surface area contributed by atoms with Gasteiger partial charge in [-0.05, 0) is 42.1 Å². The van der Waals surface area contributed by atoms with Crippen LogP contribution in [0, 0.1) is 0 Å². The zero-order chi connectivity index (χ0) is 21.6. The number of carbonyl (C=O) groups excluding carboxylic acids is 2. The number of hydrogen-bond donors (Lipinski definition) is 1. The summed E-state index contributed by atoms with van der Waals surface area (Å²) in [6.07, 6.45) is 1.75. The zero-order valence-electron chi connectivity index (χ0n) is 16.6. The van der Waals surface area contributed by atoms with Gasteiger partial charge in [-0.1, -0.05) is 13.3 Å². The topological polar surface area (TPSA) is 92.8 Å². The molecular formula is C20H24N2O5S3. The van der Waals surface area contributed by atoms with Crippen molar-refractivity contribution in [1.82, 2.24) is 4.31 Å². The fraction of sp³-hybridized carbons (Fsp3) is 0.400. The highest BCUT2D eigenvalue weighted by molar-refractivity contribution is 7.99. The van der Waals surface area contributed by atoms with E-state index in [1.165, 1.54) is 10.4 Å². The number of thioether (sulfide) groups is 1. The maximum Gasteiger partial charge on any atom is 0.338 e. The molecule has 1 aromatic carbocycles. The molecule has 10 heteroatoms. The maximum atomic E-state index is 12.9. The monoisotopic (exact) mass is 468 g/mol. The molecule has 7 nitrogen and oxygen atoms in total. The molecule has 0 radical (unpaired) electrons. The van der Waals surface area contributed by atoms with E-state index in [0.29, 0.717) is 30.9 Å². The molecule has 1 saturated heterocycles. The van der Waals surface area contributed by atoms with Crippen molar-refractivity contribution in [2.45, 2.75) is 24.7 Å². The second-order valence-electron chi connectivity index (χ2n) is 6.65. The summed E-state index contributed by atoms with van der Waals surface area (Å²) >= 11 is 2.81. The third kappa shape index (κ3) is 5.42. The third-order valence-electron chi connectivity index (χ3n) is 4.53. The number of rotatable bonds is 8. The van der Waals surface area contributed by atoms with Gasteiger partial charge in [0.2, 0.25) is 10.0 Å². The largest absolute Gasteiger partial charge is 0.462 e. The average Bonchev–Trinajstić information content (AvgIpc) is 3.26. The number of nitrogens with zero attached hydrogens (tertiary/aromatic N) is 1. The Morgan fingerprint density at radius 3 is 2.50 bits per heavy atom. The van der Waals surface area contributed by atoms with E-state index in [1.807, 2.05) is 6.92 Å². The first-order valence-electron chi connectivity index (χ1n) is 9.67. The minimum Gasteiger partial charge on any atom is -0.462 e. The number of hydrogen-bond acceptors (Lipinski definition) is 7. The van der Waals surface area contributed by atoms with E-state index in [1.54, 1.807) is 41.4 Å². The van der Waals surface area contributed by atoms with Crippen molar-refractivity contribution in [1.29, 1.82) is 0 Å². The van der Waals surface area contributed by atoms with Gasteiger partial charge in [-0.25, -0.2) is 13.2 Å². The molecule has 1 amide bonds. The van der Waals surface area contributed by atoms with Gasteiger partial charge in [-0.15, -0.1) is 11.3 Å². The summed E-state index contributed by atoms with van der Waals surface area (Å²) in [4.78, 5) is 24.9. The molecule has 1 aliphatic rings. The van der Waals surface area contributed by atoms with Gasteiger partial charge < -0.3 is 10.1 Å². The summed E-state index contributed by atoms with van der Waals surface area (Å²) in [6.45, 7) is 3.28. The van der Waals surface area contributed by atoms with E-state index >= 15 is 0 Å². The first-order valence-corrected chi connectivity index (χ1v) is 13.1. The lowest BCUT2D eigenvalue weighted by atomic mass is 10.2. The Morgan fingerprint density at radius 1 is 1.13 bits per heavy atom. The highest BCUT2D eigenvalue weighted by atomic mass is 32.2. The molecule has 1 fully saturated rings. The van der Waals surface area contributed by atoms with Crippen LogP contribution < -0.4 is 5.32 Å². The Balaban J connectivity index is 1.69. The molecule has 1 aliphatic heterocycles. The molecule has 30 heavy (non-hydrogen) atoms. The van der Waals surface area contributed by atoms with Gasteiger partial charge in [0.25, 0.3) is 5.91 Å². The summed E-state index contributed by atoms with van der Waals surface area (Å²) in [5, 5.41) is 4.32. The molecule has 162 valence electrons. The molecular weight excluding hydrogens is 444 g/mol. The normalized spacial score (nSPS) is 15.0. The standard InChI is InChI=1S/C20H24N2O5S3/c1-2-3-11-27-20(24)15-4-6-16(7-5-15)21-19(23)18-17(8-12-29-18)30(25,26)22-9-13-28-14-10-22/h4-8,12H,2-3,9-11,13-14H2,1H3,(H,21,23). The van der Waals surface area contributed by atoms with Crippen molar-refractivity contribution in [2.24, 2.45) is 0 Å². The van der Waals surface area contributed by atoms with Gasteiger partial charge in [0.1, 0.15) is 9.77 Å². The lowest BCUT2D eigenvalue weighted by Gasteiger charge is -2.25. The van der Waals surface area contributed by atoms with Crippen LogP contribution in [0.5, 0.6) is 0 Å². The molecule has 0 atom stereocenters. The van der Waals surface area contributed by atoms with Crippen LogP contribution in [0.3, 0.4) is 0 Å². The minimum absolute atomic E-state index is 0.0352. The van der Waals surface area contributed by atoms with Crippen LogP contribution in [0.1, 0.15) is 39.8 Å². The van der Waals surface area contributed by atoms with Crippen molar-refractivity contribution in [3.05, 3.63) is 46.2 Å².